The smallest absolute Gasteiger partial charge is 0.260 e. The molecule has 0 unspecified atom stereocenters. The maximum absolute atomic E-state index is 12.4. The molecule has 0 fully saturated rings. The quantitative estimate of drug-likeness (QED) is 0.837. The Morgan fingerprint density at radius 1 is 1.05 bits per heavy atom. The first-order valence-electron chi connectivity index (χ1n) is 6.20. The number of rotatable bonds is 2. The molecule has 0 spiro atoms. The summed E-state index contributed by atoms with van der Waals surface area (Å²) in [5.74, 6) is -0.0960. The van der Waals surface area contributed by atoms with Crippen molar-refractivity contribution < 1.29 is 4.79 Å². The lowest BCUT2D eigenvalue weighted by molar-refractivity contribution is 0.0994. The van der Waals surface area contributed by atoms with Crippen molar-refractivity contribution >= 4 is 17.3 Å². The Hall–Kier alpha value is -2.29. The first-order chi connectivity index (χ1) is 9.00. The highest BCUT2D eigenvalue weighted by Crippen LogP contribution is 2.21. The molecule has 0 saturated heterocycles. The van der Waals surface area contributed by atoms with E-state index in [1.807, 2.05) is 37.3 Å². The molecule has 98 valence electrons. The van der Waals surface area contributed by atoms with E-state index in [9.17, 15) is 4.79 Å². The van der Waals surface area contributed by atoms with Crippen LogP contribution in [-0.4, -0.2) is 13.0 Å². The number of anilines is 2. The second kappa shape index (κ2) is 5.14. The van der Waals surface area contributed by atoms with E-state index < -0.39 is 0 Å². The number of hydrogen-bond donors (Lipinski definition) is 1. The average molecular weight is 254 g/mol. The fourth-order valence-corrected chi connectivity index (χ4v) is 1.92. The topological polar surface area (TPSA) is 46.3 Å². The maximum Gasteiger partial charge on any atom is 0.260 e. The number of carbonyl (C=O) groups excluding carboxylic acids is 1. The Morgan fingerprint density at radius 2 is 1.74 bits per heavy atom. The number of hydrogen-bond acceptors (Lipinski definition) is 2. The molecule has 0 aromatic heterocycles. The van der Waals surface area contributed by atoms with E-state index in [0.29, 0.717) is 11.3 Å². The van der Waals surface area contributed by atoms with E-state index in [-0.39, 0.29) is 5.91 Å². The van der Waals surface area contributed by atoms with Crippen LogP contribution in [0.2, 0.25) is 0 Å². The zero-order chi connectivity index (χ0) is 14.0. The third-order valence-electron chi connectivity index (χ3n) is 3.37. The molecule has 0 heterocycles. The van der Waals surface area contributed by atoms with Gasteiger partial charge < -0.3 is 10.6 Å². The number of para-hydroxylation sites is 1. The van der Waals surface area contributed by atoms with Gasteiger partial charge >= 0.3 is 0 Å². The van der Waals surface area contributed by atoms with Crippen LogP contribution in [0.5, 0.6) is 0 Å². The largest absolute Gasteiger partial charge is 0.398 e. The standard InChI is InChI=1S/C16H18N2O/c1-11-8-9-13(10-12(11)2)18(3)16(19)14-6-4-5-7-15(14)17/h4-10H,17H2,1-3H3. The van der Waals surface area contributed by atoms with Crippen LogP contribution in [0.4, 0.5) is 11.4 Å². The molecule has 1 amide bonds. The van der Waals surface area contributed by atoms with Gasteiger partial charge in [-0.25, -0.2) is 0 Å². The van der Waals surface area contributed by atoms with Crippen LogP contribution in [0.3, 0.4) is 0 Å². The van der Waals surface area contributed by atoms with Gasteiger partial charge in [-0.05, 0) is 49.2 Å². The van der Waals surface area contributed by atoms with E-state index in [1.165, 1.54) is 5.56 Å². The fourth-order valence-electron chi connectivity index (χ4n) is 1.92. The van der Waals surface area contributed by atoms with Crippen molar-refractivity contribution in [3.8, 4) is 0 Å². The van der Waals surface area contributed by atoms with E-state index >= 15 is 0 Å². The molecule has 0 radical (unpaired) electrons. The van der Waals surface area contributed by atoms with Crippen LogP contribution in [0.25, 0.3) is 0 Å². The third kappa shape index (κ3) is 2.60. The van der Waals surface area contributed by atoms with Crippen molar-refractivity contribution in [1.29, 1.82) is 0 Å². The molecule has 2 rings (SSSR count). The van der Waals surface area contributed by atoms with Gasteiger partial charge in [-0.2, -0.15) is 0 Å². The van der Waals surface area contributed by atoms with E-state index in [2.05, 4.69) is 6.92 Å². The molecule has 3 nitrogen and oxygen atoms in total. The van der Waals surface area contributed by atoms with Gasteiger partial charge in [0.1, 0.15) is 0 Å². The van der Waals surface area contributed by atoms with Crippen LogP contribution >= 0.6 is 0 Å². The summed E-state index contributed by atoms with van der Waals surface area (Å²) in [6.45, 7) is 4.09. The summed E-state index contributed by atoms with van der Waals surface area (Å²) < 4.78 is 0. The summed E-state index contributed by atoms with van der Waals surface area (Å²) in [6, 6.07) is 13.1. The van der Waals surface area contributed by atoms with Crippen molar-refractivity contribution in [1.82, 2.24) is 0 Å². The van der Waals surface area contributed by atoms with Gasteiger partial charge in [0.25, 0.3) is 5.91 Å². The monoisotopic (exact) mass is 254 g/mol. The average Bonchev–Trinajstić information content (AvgIpc) is 2.41. The van der Waals surface area contributed by atoms with Crippen LogP contribution in [0.15, 0.2) is 42.5 Å². The SMILES string of the molecule is Cc1ccc(N(C)C(=O)c2ccccc2N)cc1C. The summed E-state index contributed by atoms with van der Waals surface area (Å²) >= 11 is 0. The Balaban J connectivity index is 2.34. The predicted molar refractivity (Wildman–Crippen MR) is 79.5 cm³/mol. The van der Waals surface area contributed by atoms with Crippen molar-refractivity contribution in [2.45, 2.75) is 13.8 Å². The van der Waals surface area contributed by atoms with Crippen molar-refractivity contribution in [3.05, 3.63) is 59.2 Å². The van der Waals surface area contributed by atoms with Gasteiger partial charge in [-0.15, -0.1) is 0 Å². The molecular formula is C16H18N2O. The van der Waals surface area contributed by atoms with Crippen LogP contribution < -0.4 is 10.6 Å². The predicted octanol–water partition coefficient (Wildman–Crippen LogP) is 3.16. The summed E-state index contributed by atoms with van der Waals surface area (Å²) in [5.41, 5.74) is 10.1. The summed E-state index contributed by atoms with van der Waals surface area (Å²) in [5, 5.41) is 0. The molecule has 0 atom stereocenters. The number of benzene rings is 2. The van der Waals surface area contributed by atoms with Crippen molar-refractivity contribution in [3.63, 3.8) is 0 Å². The molecule has 2 aromatic rings. The van der Waals surface area contributed by atoms with Crippen molar-refractivity contribution in [2.75, 3.05) is 17.7 Å². The van der Waals surface area contributed by atoms with Gasteiger partial charge in [0, 0.05) is 18.4 Å². The fraction of sp³-hybridized carbons (Fsp3) is 0.188. The van der Waals surface area contributed by atoms with Gasteiger partial charge in [-0.1, -0.05) is 18.2 Å². The minimum absolute atomic E-state index is 0.0960. The van der Waals surface area contributed by atoms with Gasteiger partial charge in [0.05, 0.1) is 5.56 Å². The summed E-state index contributed by atoms with van der Waals surface area (Å²) in [7, 11) is 1.76. The Bertz CT molecular complexity index is 620. The Labute approximate surface area is 113 Å². The Morgan fingerprint density at radius 3 is 2.37 bits per heavy atom. The second-order valence-electron chi connectivity index (χ2n) is 4.72. The number of nitrogens with two attached hydrogens (primary N) is 1. The Kier molecular flexibility index (Phi) is 3.56. The number of nitrogen functional groups attached to an aromatic ring is 1. The molecule has 2 N–H and O–H groups in total. The number of nitrogens with zero attached hydrogens (tertiary/aromatic N) is 1. The van der Waals surface area contributed by atoms with E-state index in [1.54, 1.807) is 24.1 Å². The van der Waals surface area contributed by atoms with E-state index in [0.717, 1.165) is 11.3 Å². The van der Waals surface area contributed by atoms with Crippen LogP contribution in [-0.2, 0) is 0 Å². The first-order valence-corrected chi connectivity index (χ1v) is 6.20. The lowest BCUT2D eigenvalue weighted by Crippen LogP contribution is -2.27. The maximum atomic E-state index is 12.4. The molecule has 0 saturated carbocycles. The zero-order valence-corrected chi connectivity index (χ0v) is 11.5. The molecule has 0 bridgehead atoms. The van der Waals surface area contributed by atoms with Crippen LogP contribution in [0.1, 0.15) is 21.5 Å². The minimum atomic E-state index is -0.0960. The highest BCUT2D eigenvalue weighted by atomic mass is 16.2. The molecule has 19 heavy (non-hydrogen) atoms. The van der Waals surface area contributed by atoms with Gasteiger partial charge in [-0.3, -0.25) is 4.79 Å². The van der Waals surface area contributed by atoms with Crippen LogP contribution in [0, 0.1) is 13.8 Å². The normalized spacial score (nSPS) is 10.3. The summed E-state index contributed by atoms with van der Waals surface area (Å²) in [4.78, 5) is 14.0. The van der Waals surface area contributed by atoms with Gasteiger partial charge in [0.2, 0.25) is 0 Å². The second-order valence-corrected chi connectivity index (χ2v) is 4.72. The molecular weight excluding hydrogens is 236 g/mol. The zero-order valence-electron chi connectivity index (χ0n) is 11.5. The molecule has 0 aliphatic heterocycles. The minimum Gasteiger partial charge on any atom is -0.398 e. The lowest BCUT2D eigenvalue weighted by atomic mass is 10.1. The first kappa shape index (κ1) is 13.1. The van der Waals surface area contributed by atoms with Gasteiger partial charge in [0.15, 0.2) is 0 Å². The molecule has 2 aromatic carbocycles. The molecule has 3 heteroatoms. The number of aryl methyl sites for hydroxylation is 2. The lowest BCUT2D eigenvalue weighted by Gasteiger charge is -2.19. The number of amides is 1. The highest BCUT2D eigenvalue weighted by molar-refractivity contribution is 6.09. The molecule has 0 aliphatic rings. The highest BCUT2D eigenvalue weighted by Gasteiger charge is 2.15. The van der Waals surface area contributed by atoms with Crippen molar-refractivity contribution in [2.24, 2.45) is 0 Å². The van der Waals surface area contributed by atoms with E-state index in [4.69, 9.17) is 5.73 Å². The summed E-state index contributed by atoms with van der Waals surface area (Å²) in [6.07, 6.45) is 0. The molecule has 0 aliphatic carbocycles. The third-order valence-corrected chi connectivity index (χ3v) is 3.37. The number of carbonyl (C=O) groups is 1.